The molecular weight excluding hydrogens is 414 g/mol. The number of nitrogens with zero attached hydrogens (tertiary/aromatic N) is 2. The molecule has 29 heavy (non-hydrogen) atoms. The second-order valence-corrected chi connectivity index (χ2v) is 15.8. The Bertz CT molecular complexity index is 883. The summed E-state index contributed by atoms with van der Waals surface area (Å²) in [6.07, 6.45) is 0. The van der Waals surface area contributed by atoms with Gasteiger partial charge in [0.05, 0.1) is 20.5 Å². The molecular formula is C18H25N3O6SSi. The fourth-order valence-corrected chi connectivity index (χ4v) is 6.94. The maximum Gasteiger partial charge on any atom is 0.330 e. The van der Waals surface area contributed by atoms with Gasteiger partial charge in [-0.25, -0.2) is 4.79 Å². The number of amides is 1. The van der Waals surface area contributed by atoms with Gasteiger partial charge < -0.3 is 14.6 Å². The summed E-state index contributed by atoms with van der Waals surface area (Å²) in [6.45, 7) is 9.50. The van der Waals surface area contributed by atoms with Crippen molar-refractivity contribution in [1.82, 2.24) is 9.88 Å². The number of esters is 1. The van der Waals surface area contributed by atoms with E-state index >= 15 is 0 Å². The number of nitrogens with one attached hydrogen (secondary N) is 1. The number of β-lactam (4-membered cyclic amide) rings is 1. The van der Waals surface area contributed by atoms with Crippen molar-refractivity contribution in [1.29, 1.82) is 0 Å². The van der Waals surface area contributed by atoms with E-state index < -0.39 is 52.1 Å². The standard InChI is InChI=1S/C18H25N3O6SSi/c1-18(2)14(17(23)27-10-11-6-8-12(9-7-11)21(24)25)20-15(22)13(16(20)28(18)26)19-29(3,4)5/h6-9,13-14,16,19H,10H2,1-5H3/t13?,14?,16-,28?/m0/s1. The summed E-state index contributed by atoms with van der Waals surface area (Å²) in [5.41, 5.74) is 0.535. The van der Waals surface area contributed by atoms with E-state index in [0.29, 0.717) is 5.56 Å². The first-order valence-corrected chi connectivity index (χ1v) is 14.0. The molecule has 2 heterocycles. The van der Waals surface area contributed by atoms with E-state index in [2.05, 4.69) is 24.6 Å². The first-order chi connectivity index (χ1) is 13.3. The quantitative estimate of drug-likeness (QED) is 0.235. The third-order valence-electron chi connectivity index (χ3n) is 5.09. The molecule has 3 unspecified atom stereocenters. The van der Waals surface area contributed by atoms with Gasteiger partial charge in [0.1, 0.15) is 32.3 Å². The van der Waals surface area contributed by atoms with Crippen LogP contribution in [0, 0.1) is 10.1 Å². The predicted octanol–water partition coefficient (Wildman–Crippen LogP) is 1.51. The average molecular weight is 440 g/mol. The van der Waals surface area contributed by atoms with Gasteiger partial charge >= 0.3 is 5.97 Å². The molecule has 2 fully saturated rings. The molecule has 9 nitrogen and oxygen atoms in total. The van der Waals surface area contributed by atoms with Crippen molar-refractivity contribution in [3.05, 3.63) is 39.9 Å². The van der Waals surface area contributed by atoms with Gasteiger partial charge in [0.15, 0.2) is 0 Å². The Morgan fingerprint density at radius 1 is 1.31 bits per heavy atom. The van der Waals surface area contributed by atoms with Crippen molar-refractivity contribution in [3.8, 4) is 0 Å². The minimum atomic E-state index is -1.79. The Hall–Kier alpha value is -2.11. The molecule has 0 spiro atoms. The highest BCUT2D eigenvalue weighted by Gasteiger charge is 2.68. The van der Waals surface area contributed by atoms with Gasteiger partial charge in [-0.3, -0.25) is 19.1 Å². The fourth-order valence-electron chi connectivity index (χ4n) is 3.69. The number of hydrogen-bond donors (Lipinski definition) is 1. The van der Waals surface area contributed by atoms with E-state index in [1.54, 1.807) is 13.8 Å². The van der Waals surface area contributed by atoms with E-state index in [4.69, 9.17) is 4.74 Å². The van der Waals surface area contributed by atoms with E-state index in [-0.39, 0.29) is 18.2 Å². The van der Waals surface area contributed by atoms with Gasteiger partial charge in [-0.05, 0) is 31.5 Å². The van der Waals surface area contributed by atoms with Crippen LogP contribution in [0.3, 0.4) is 0 Å². The summed E-state index contributed by atoms with van der Waals surface area (Å²) in [4.78, 5) is 40.5. The topological polar surface area (TPSA) is 119 Å². The lowest BCUT2D eigenvalue weighted by molar-refractivity contribution is -0.384. The summed E-state index contributed by atoms with van der Waals surface area (Å²) in [5, 5.41) is 10.2. The molecule has 0 saturated carbocycles. The van der Waals surface area contributed by atoms with E-state index in [1.807, 2.05) is 0 Å². The lowest BCUT2D eigenvalue weighted by Gasteiger charge is -2.45. The largest absolute Gasteiger partial charge is 0.459 e. The van der Waals surface area contributed by atoms with Crippen LogP contribution in [0.25, 0.3) is 0 Å². The number of carbonyl (C=O) groups excluding carboxylic acids is 2. The van der Waals surface area contributed by atoms with E-state index in [9.17, 15) is 23.9 Å². The molecule has 1 aromatic rings. The molecule has 0 aliphatic carbocycles. The van der Waals surface area contributed by atoms with Crippen molar-refractivity contribution < 1.29 is 23.5 Å². The highest BCUT2D eigenvalue weighted by molar-refractivity contribution is 7.87. The highest BCUT2D eigenvalue weighted by atomic mass is 32.2. The van der Waals surface area contributed by atoms with E-state index in [1.165, 1.54) is 29.2 Å². The maximum atomic E-state index is 13.0. The molecule has 3 rings (SSSR count). The summed E-state index contributed by atoms with van der Waals surface area (Å²) in [6, 6.07) is 4.22. The van der Waals surface area contributed by atoms with Crippen LogP contribution in [0.15, 0.2) is 24.3 Å². The second kappa shape index (κ2) is 7.29. The first-order valence-electron chi connectivity index (χ1n) is 9.25. The summed E-state index contributed by atoms with van der Waals surface area (Å²) >= 11 is 0. The van der Waals surface area contributed by atoms with Crippen molar-refractivity contribution in [2.45, 2.75) is 62.3 Å². The third-order valence-corrected chi connectivity index (χ3v) is 8.47. The Kier molecular flexibility index (Phi) is 5.43. The zero-order chi connectivity index (χ0) is 21.7. The molecule has 0 aromatic heterocycles. The molecule has 11 heteroatoms. The number of non-ortho nitro benzene ring substituents is 1. The van der Waals surface area contributed by atoms with Crippen molar-refractivity contribution in [3.63, 3.8) is 0 Å². The molecule has 1 N–H and O–H groups in total. The van der Waals surface area contributed by atoms with Crippen LogP contribution in [0.4, 0.5) is 5.69 Å². The number of hydrogen-bond acceptors (Lipinski definition) is 7. The monoisotopic (exact) mass is 439 g/mol. The number of carbonyl (C=O) groups is 2. The van der Waals surface area contributed by atoms with Gasteiger partial charge in [-0.1, -0.05) is 19.6 Å². The number of benzene rings is 1. The lowest BCUT2D eigenvalue weighted by Crippen LogP contribution is -2.73. The Morgan fingerprint density at radius 3 is 2.41 bits per heavy atom. The smallest absolute Gasteiger partial charge is 0.330 e. The zero-order valence-corrected chi connectivity index (χ0v) is 18.8. The molecule has 2 saturated heterocycles. The molecule has 2 aliphatic rings. The van der Waals surface area contributed by atoms with Gasteiger partial charge in [-0.2, -0.15) is 0 Å². The Labute approximate surface area is 172 Å². The van der Waals surface area contributed by atoms with Crippen LogP contribution in [0.5, 0.6) is 0 Å². The normalized spacial score (nSPS) is 27.9. The molecule has 1 amide bonds. The minimum absolute atomic E-state index is 0.0534. The van der Waals surface area contributed by atoms with Crippen molar-refractivity contribution >= 4 is 36.6 Å². The molecule has 2 aliphatic heterocycles. The van der Waals surface area contributed by atoms with Crippen LogP contribution in [-0.2, 0) is 31.7 Å². The Morgan fingerprint density at radius 2 is 1.90 bits per heavy atom. The van der Waals surface area contributed by atoms with Crippen LogP contribution in [0.2, 0.25) is 19.6 Å². The molecule has 0 radical (unpaired) electrons. The van der Waals surface area contributed by atoms with Crippen LogP contribution in [-0.4, -0.2) is 56.3 Å². The summed E-state index contributed by atoms with van der Waals surface area (Å²) in [7, 11) is -3.21. The first kappa shape index (κ1) is 21.6. The van der Waals surface area contributed by atoms with Gasteiger partial charge in [0.2, 0.25) is 5.91 Å². The van der Waals surface area contributed by atoms with Gasteiger partial charge in [0.25, 0.3) is 5.69 Å². The van der Waals surface area contributed by atoms with Crippen LogP contribution in [0.1, 0.15) is 19.4 Å². The molecule has 0 bridgehead atoms. The predicted molar refractivity (Wildman–Crippen MR) is 110 cm³/mol. The molecule has 4 atom stereocenters. The minimum Gasteiger partial charge on any atom is -0.459 e. The highest BCUT2D eigenvalue weighted by Crippen LogP contribution is 2.44. The summed E-state index contributed by atoms with van der Waals surface area (Å²) < 4.78 is 17.5. The zero-order valence-electron chi connectivity index (χ0n) is 17.0. The lowest BCUT2D eigenvalue weighted by atomic mass is 9.96. The van der Waals surface area contributed by atoms with Crippen LogP contribution >= 0.6 is 0 Å². The van der Waals surface area contributed by atoms with E-state index in [0.717, 1.165) is 0 Å². The summed E-state index contributed by atoms with van der Waals surface area (Å²) in [5.74, 6) is -0.849. The maximum absolute atomic E-state index is 13.0. The fraction of sp³-hybridized carbons (Fsp3) is 0.556. The number of rotatable bonds is 6. The van der Waals surface area contributed by atoms with Gasteiger partial charge in [-0.15, -0.1) is 0 Å². The number of nitro groups is 1. The number of nitro benzene ring substituents is 1. The average Bonchev–Trinajstić information content (AvgIpc) is 2.81. The third kappa shape index (κ3) is 3.86. The SMILES string of the molecule is CC1(C)C(C(=O)OCc2ccc([N+](=O)[O-])cc2)N2C(=O)C(N[Si](C)(C)C)[C@@H]2S1=O. The van der Waals surface area contributed by atoms with Crippen molar-refractivity contribution in [2.24, 2.45) is 0 Å². The Balaban J connectivity index is 1.72. The van der Waals surface area contributed by atoms with Crippen molar-refractivity contribution in [2.75, 3.05) is 0 Å². The van der Waals surface area contributed by atoms with Crippen LogP contribution < -0.4 is 4.98 Å². The number of ether oxygens (including phenoxy) is 1. The molecule has 158 valence electrons. The number of fused-ring (bicyclic) bond motifs is 1. The second-order valence-electron chi connectivity index (χ2n) is 8.84. The van der Waals surface area contributed by atoms with Gasteiger partial charge in [0, 0.05) is 12.1 Å². The molecule has 1 aromatic carbocycles.